The molecular weight excluding hydrogens is 170 g/mol. The van der Waals surface area contributed by atoms with Crippen LogP contribution in [-0.2, 0) is 12.8 Å². The van der Waals surface area contributed by atoms with E-state index in [9.17, 15) is 0 Å². The lowest BCUT2D eigenvalue weighted by Gasteiger charge is -2.13. The van der Waals surface area contributed by atoms with E-state index in [1.807, 2.05) is 6.07 Å². The van der Waals surface area contributed by atoms with Gasteiger partial charge in [0.2, 0.25) is 0 Å². The molecule has 0 N–H and O–H groups in total. The van der Waals surface area contributed by atoms with Crippen molar-refractivity contribution in [2.24, 2.45) is 0 Å². The van der Waals surface area contributed by atoms with Crippen LogP contribution in [0.3, 0.4) is 0 Å². The van der Waals surface area contributed by atoms with E-state index in [0.29, 0.717) is 0 Å². The minimum atomic E-state index is 0.810. The van der Waals surface area contributed by atoms with E-state index < -0.39 is 0 Å². The lowest BCUT2D eigenvalue weighted by molar-refractivity contribution is 0.617. The van der Waals surface area contributed by atoms with E-state index in [-0.39, 0.29) is 0 Å². The van der Waals surface area contributed by atoms with E-state index in [2.05, 4.69) is 18.2 Å². The summed E-state index contributed by atoms with van der Waals surface area (Å²) >= 11 is 0. The van der Waals surface area contributed by atoms with Gasteiger partial charge in [0.15, 0.2) is 0 Å². The Labute approximate surface area is 85.4 Å². The van der Waals surface area contributed by atoms with Gasteiger partial charge in [-0.2, -0.15) is 5.26 Å². The zero-order valence-corrected chi connectivity index (χ0v) is 8.42. The number of hydrogen-bond acceptors (Lipinski definition) is 1. The second-order valence-electron chi connectivity index (χ2n) is 4.01. The van der Waals surface area contributed by atoms with E-state index in [0.717, 1.165) is 12.0 Å². The molecule has 0 saturated carbocycles. The van der Waals surface area contributed by atoms with Gasteiger partial charge >= 0.3 is 0 Å². The Morgan fingerprint density at radius 1 is 0.929 bits per heavy atom. The zero-order valence-electron chi connectivity index (χ0n) is 8.42. The van der Waals surface area contributed by atoms with Crippen molar-refractivity contribution in [1.29, 1.82) is 5.26 Å². The van der Waals surface area contributed by atoms with Crippen LogP contribution in [0.5, 0.6) is 0 Å². The highest BCUT2D eigenvalue weighted by molar-refractivity contribution is 5.38. The van der Waals surface area contributed by atoms with Gasteiger partial charge in [-0.1, -0.05) is 18.9 Å². The smallest absolute Gasteiger partial charge is 0.0991 e. The second kappa shape index (κ2) is 4.28. The monoisotopic (exact) mass is 185 g/mol. The zero-order chi connectivity index (χ0) is 9.80. The summed E-state index contributed by atoms with van der Waals surface area (Å²) in [6, 6.07) is 8.37. The fraction of sp³-hybridized carbons (Fsp3) is 0.462. The summed E-state index contributed by atoms with van der Waals surface area (Å²) in [5.41, 5.74) is 3.68. The van der Waals surface area contributed by atoms with Crippen molar-refractivity contribution in [3.05, 3.63) is 34.9 Å². The van der Waals surface area contributed by atoms with Crippen LogP contribution in [-0.4, -0.2) is 0 Å². The number of hydrogen-bond donors (Lipinski definition) is 0. The summed E-state index contributed by atoms with van der Waals surface area (Å²) in [6.07, 6.45) is 7.64. The Balaban J connectivity index is 2.31. The normalized spacial score (nSPS) is 16.2. The van der Waals surface area contributed by atoms with Gasteiger partial charge in [0.25, 0.3) is 0 Å². The van der Waals surface area contributed by atoms with Gasteiger partial charge < -0.3 is 0 Å². The van der Waals surface area contributed by atoms with Crippen LogP contribution >= 0.6 is 0 Å². The molecule has 0 bridgehead atoms. The number of benzene rings is 1. The number of nitrogens with zero attached hydrogens (tertiary/aromatic N) is 1. The van der Waals surface area contributed by atoms with Crippen molar-refractivity contribution in [2.45, 2.75) is 38.5 Å². The molecule has 0 amide bonds. The molecule has 0 atom stereocenters. The maximum atomic E-state index is 8.82. The van der Waals surface area contributed by atoms with E-state index in [1.165, 1.54) is 43.2 Å². The van der Waals surface area contributed by atoms with Crippen molar-refractivity contribution in [3.8, 4) is 6.07 Å². The number of nitriles is 1. The molecule has 0 aromatic heterocycles. The van der Waals surface area contributed by atoms with Crippen molar-refractivity contribution in [2.75, 3.05) is 0 Å². The maximum absolute atomic E-state index is 8.82. The topological polar surface area (TPSA) is 23.8 Å². The molecule has 0 aliphatic heterocycles. The number of fused-ring (bicyclic) bond motifs is 1. The molecular formula is C13H15N. The second-order valence-corrected chi connectivity index (χ2v) is 4.01. The number of aryl methyl sites for hydroxylation is 2. The first-order chi connectivity index (χ1) is 6.90. The molecule has 1 aliphatic carbocycles. The highest BCUT2D eigenvalue weighted by Gasteiger charge is 2.07. The van der Waals surface area contributed by atoms with Gasteiger partial charge in [0, 0.05) is 0 Å². The fourth-order valence-electron chi connectivity index (χ4n) is 2.16. The van der Waals surface area contributed by atoms with Crippen molar-refractivity contribution in [3.63, 3.8) is 0 Å². The first-order valence-electron chi connectivity index (χ1n) is 5.42. The Hall–Kier alpha value is -1.29. The third kappa shape index (κ3) is 1.96. The van der Waals surface area contributed by atoms with E-state index in [1.54, 1.807) is 0 Å². The van der Waals surface area contributed by atoms with Crippen LogP contribution in [0.25, 0.3) is 0 Å². The van der Waals surface area contributed by atoms with Crippen LogP contribution in [0.4, 0.5) is 0 Å². The molecule has 0 heterocycles. The predicted octanol–water partition coefficient (Wildman–Crippen LogP) is 3.22. The molecule has 0 radical (unpaired) electrons. The molecule has 1 aromatic carbocycles. The first kappa shape index (κ1) is 9.27. The summed E-state index contributed by atoms with van der Waals surface area (Å²) in [5.74, 6) is 0. The lowest BCUT2D eigenvalue weighted by Crippen LogP contribution is -1.99. The Morgan fingerprint density at radius 2 is 1.64 bits per heavy atom. The highest BCUT2D eigenvalue weighted by Crippen LogP contribution is 2.20. The van der Waals surface area contributed by atoms with E-state index in [4.69, 9.17) is 5.26 Å². The lowest BCUT2D eigenvalue weighted by atomic mass is 9.92. The SMILES string of the molecule is N#Cc1ccc2c(c1)CCCCCC2. The molecule has 1 nitrogen and oxygen atoms in total. The van der Waals surface area contributed by atoms with E-state index >= 15 is 0 Å². The quantitative estimate of drug-likeness (QED) is 0.608. The van der Waals surface area contributed by atoms with Gasteiger partial charge in [0.1, 0.15) is 0 Å². The van der Waals surface area contributed by atoms with Crippen LogP contribution in [0.15, 0.2) is 18.2 Å². The number of rotatable bonds is 0. The Bertz CT molecular complexity index is 360. The third-order valence-electron chi connectivity index (χ3n) is 2.98. The molecule has 14 heavy (non-hydrogen) atoms. The standard InChI is InChI=1S/C13H15N/c14-10-11-7-8-12-5-3-1-2-4-6-13(12)9-11/h7-9H,1-6H2. The van der Waals surface area contributed by atoms with Crippen LogP contribution in [0.1, 0.15) is 42.4 Å². The van der Waals surface area contributed by atoms with Crippen LogP contribution in [0, 0.1) is 11.3 Å². The molecule has 0 unspecified atom stereocenters. The van der Waals surface area contributed by atoms with Gasteiger partial charge in [-0.25, -0.2) is 0 Å². The van der Waals surface area contributed by atoms with Crippen molar-refractivity contribution in [1.82, 2.24) is 0 Å². The molecule has 2 rings (SSSR count). The third-order valence-corrected chi connectivity index (χ3v) is 2.98. The average Bonchev–Trinajstić information content (AvgIpc) is 2.18. The first-order valence-corrected chi connectivity index (χ1v) is 5.42. The predicted molar refractivity (Wildman–Crippen MR) is 57.0 cm³/mol. The van der Waals surface area contributed by atoms with Crippen LogP contribution < -0.4 is 0 Å². The summed E-state index contributed by atoms with van der Waals surface area (Å²) in [6.45, 7) is 0. The van der Waals surface area contributed by atoms with Gasteiger partial charge in [-0.15, -0.1) is 0 Å². The molecule has 0 saturated heterocycles. The summed E-state index contributed by atoms with van der Waals surface area (Å²) in [4.78, 5) is 0. The Kier molecular flexibility index (Phi) is 2.84. The Morgan fingerprint density at radius 3 is 2.36 bits per heavy atom. The molecule has 0 spiro atoms. The highest BCUT2D eigenvalue weighted by atomic mass is 14.2. The largest absolute Gasteiger partial charge is 0.192 e. The minimum Gasteiger partial charge on any atom is -0.192 e. The minimum absolute atomic E-state index is 0.810. The van der Waals surface area contributed by atoms with Crippen LogP contribution in [0.2, 0.25) is 0 Å². The summed E-state index contributed by atoms with van der Waals surface area (Å²) < 4.78 is 0. The van der Waals surface area contributed by atoms with Gasteiger partial charge in [-0.3, -0.25) is 0 Å². The van der Waals surface area contributed by atoms with Gasteiger partial charge in [-0.05, 0) is 48.9 Å². The summed E-state index contributed by atoms with van der Waals surface area (Å²) in [5, 5.41) is 8.82. The summed E-state index contributed by atoms with van der Waals surface area (Å²) in [7, 11) is 0. The maximum Gasteiger partial charge on any atom is 0.0991 e. The molecule has 72 valence electrons. The molecule has 1 heteroatoms. The molecule has 0 fully saturated rings. The molecule has 1 aliphatic rings. The van der Waals surface area contributed by atoms with Gasteiger partial charge in [0.05, 0.1) is 11.6 Å². The van der Waals surface area contributed by atoms with Crippen molar-refractivity contribution >= 4 is 0 Å². The fourth-order valence-corrected chi connectivity index (χ4v) is 2.16. The van der Waals surface area contributed by atoms with Crippen molar-refractivity contribution < 1.29 is 0 Å². The average molecular weight is 185 g/mol. The molecule has 1 aromatic rings.